The van der Waals surface area contributed by atoms with E-state index in [1.54, 1.807) is 31.5 Å². The number of carbonyl (C=O) groups excluding carboxylic acids is 1. The molecule has 0 bridgehead atoms. The van der Waals surface area contributed by atoms with Crippen molar-refractivity contribution < 1.29 is 9.18 Å². The van der Waals surface area contributed by atoms with Crippen LogP contribution in [0, 0.1) is 12.7 Å². The van der Waals surface area contributed by atoms with Gasteiger partial charge in [0.25, 0.3) is 0 Å². The first-order valence-electron chi connectivity index (χ1n) is 10.6. The van der Waals surface area contributed by atoms with Crippen molar-refractivity contribution in [3.05, 3.63) is 83.9 Å². The van der Waals surface area contributed by atoms with Gasteiger partial charge in [0.05, 0.1) is 17.1 Å². The third kappa shape index (κ3) is 5.12. The van der Waals surface area contributed by atoms with Crippen molar-refractivity contribution in [1.82, 2.24) is 19.7 Å². The lowest BCUT2D eigenvalue weighted by molar-refractivity contribution is -0.113. The first-order valence-corrected chi connectivity index (χ1v) is 11.6. The number of amides is 1. The number of aryl methyl sites for hydroxylation is 1. The summed E-state index contributed by atoms with van der Waals surface area (Å²) in [4.78, 5) is 16.8. The van der Waals surface area contributed by atoms with Gasteiger partial charge in [0.1, 0.15) is 5.82 Å². The molecular formula is C25H24FN5OS. The van der Waals surface area contributed by atoms with Gasteiger partial charge in [-0.15, -0.1) is 10.2 Å². The summed E-state index contributed by atoms with van der Waals surface area (Å²) in [5.74, 6) is 0.195. The van der Waals surface area contributed by atoms with Crippen molar-refractivity contribution in [3.8, 4) is 17.1 Å². The van der Waals surface area contributed by atoms with Gasteiger partial charge < -0.3 is 5.32 Å². The minimum absolute atomic E-state index is 0.0579. The van der Waals surface area contributed by atoms with Gasteiger partial charge in [-0.25, -0.2) is 4.39 Å². The zero-order valence-electron chi connectivity index (χ0n) is 18.6. The molecule has 0 aliphatic heterocycles. The second-order valence-electron chi connectivity index (χ2n) is 7.92. The first kappa shape index (κ1) is 22.7. The lowest BCUT2D eigenvalue weighted by atomic mass is 10.0. The molecular weight excluding hydrogens is 437 g/mol. The number of aromatic nitrogens is 4. The van der Waals surface area contributed by atoms with Gasteiger partial charge in [-0.2, -0.15) is 0 Å². The number of nitrogens with one attached hydrogen (secondary N) is 1. The molecule has 0 fully saturated rings. The summed E-state index contributed by atoms with van der Waals surface area (Å²) in [5, 5.41) is 12.0. The Labute approximate surface area is 196 Å². The van der Waals surface area contributed by atoms with Gasteiger partial charge >= 0.3 is 0 Å². The van der Waals surface area contributed by atoms with Crippen LogP contribution in [0.15, 0.2) is 72.1 Å². The number of hydrogen-bond acceptors (Lipinski definition) is 5. The molecule has 0 saturated carbocycles. The molecule has 1 N–H and O–H groups in total. The molecule has 0 spiro atoms. The molecule has 1 amide bonds. The van der Waals surface area contributed by atoms with E-state index in [4.69, 9.17) is 0 Å². The van der Waals surface area contributed by atoms with E-state index >= 15 is 0 Å². The van der Waals surface area contributed by atoms with Crippen LogP contribution >= 0.6 is 11.8 Å². The predicted molar refractivity (Wildman–Crippen MR) is 129 cm³/mol. The van der Waals surface area contributed by atoms with E-state index < -0.39 is 5.82 Å². The monoisotopic (exact) mass is 461 g/mol. The van der Waals surface area contributed by atoms with Crippen LogP contribution in [-0.2, 0) is 4.79 Å². The Morgan fingerprint density at radius 1 is 1.12 bits per heavy atom. The first-order chi connectivity index (χ1) is 15.9. The highest BCUT2D eigenvalue weighted by atomic mass is 32.2. The smallest absolute Gasteiger partial charge is 0.234 e. The zero-order valence-corrected chi connectivity index (χ0v) is 19.4. The Hall–Kier alpha value is -3.52. The summed E-state index contributed by atoms with van der Waals surface area (Å²) in [6.07, 6.45) is 3.44. The number of carbonyl (C=O) groups is 1. The van der Waals surface area contributed by atoms with Crippen LogP contribution in [0.1, 0.15) is 30.9 Å². The number of rotatable bonds is 7. The molecule has 2 heterocycles. The van der Waals surface area contributed by atoms with Crippen molar-refractivity contribution in [2.75, 3.05) is 11.1 Å². The quantitative estimate of drug-likeness (QED) is 0.361. The van der Waals surface area contributed by atoms with Crippen LogP contribution in [0.25, 0.3) is 17.1 Å². The van der Waals surface area contributed by atoms with Gasteiger partial charge in [-0.1, -0.05) is 49.9 Å². The van der Waals surface area contributed by atoms with Crippen molar-refractivity contribution in [2.45, 2.75) is 31.8 Å². The summed E-state index contributed by atoms with van der Waals surface area (Å²) in [6.45, 7) is 6.05. The Bertz CT molecular complexity index is 1270. The molecule has 4 rings (SSSR count). The van der Waals surface area contributed by atoms with E-state index in [1.165, 1.54) is 17.8 Å². The fraction of sp³-hybridized carbons (Fsp3) is 0.200. The van der Waals surface area contributed by atoms with E-state index in [0.717, 1.165) is 22.4 Å². The van der Waals surface area contributed by atoms with E-state index in [2.05, 4.69) is 40.4 Å². The summed E-state index contributed by atoms with van der Waals surface area (Å²) in [6, 6.07) is 16.5. The van der Waals surface area contributed by atoms with E-state index in [-0.39, 0.29) is 23.3 Å². The molecule has 0 radical (unpaired) electrons. The molecule has 0 aliphatic rings. The zero-order chi connectivity index (χ0) is 23.4. The second kappa shape index (κ2) is 9.95. The molecule has 168 valence electrons. The van der Waals surface area contributed by atoms with Crippen molar-refractivity contribution in [1.29, 1.82) is 0 Å². The molecule has 4 aromatic rings. The average molecular weight is 462 g/mol. The highest BCUT2D eigenvalue weighted by Crippen LogP contribution is 2.32. The normalized spacial score (nSPS) is 11.1. The molecule has 0 saturated heterocycles. The lowest BCUT2D eigenvalue weighted by Crippen LogP contribution is -2.15. The number of para-hydroxylation sites is 1. The van der Waals surface area contributed by atoms with Crippen molar-refractivity contribution >= 4 is 23.4 Å². The molecule has 0 atom stereocenters. The largest absolute Gasteiger partial charge is 0.323 e. The van der Waals surface area contributed by atoms with E-state index in [9.17, 15) is 9.18 Å². The molecule has 8 heteroatoms. The average Bonchev–Trinajstić information content (AvgIpc) is 3.24. The molecule has 2 aromatic heterocycles. The molecule has 33 heavy (non-hydrogen) atoms. The number of anilines is 1. The topological polar surface area (TPSA) is 72.7 Å². The summed E-state index contributed by atoms with van der Waals surface area (Å²) in [5.41, 5.74) is 3.86. The Balaban J connectivity index is 1.65. The standard InChI is InChI=1S/C25H24FN5OS/c1-16(2)19-8-4-5-9-22(19)31-24(18-7-6-12-27-14-18)29-30-25(31)33-15-23(32)28-21-11-10-17(3)13-20(21)26/h4-14,16H,15H2,1-3H3,(H,28,32). The molecule has 6 nitrogen and oxygen atoms in total. The van der Waals surface area contributed by atoms with Gasteiger partial charge in [0.2, 0.25) is 5.91 Å². The van der Waals surface area contributed by atoms with Gasteiger partial charge in [-0.05, 0) is 54.3 Å². The number of pyridine rings is 1. The van der Waals surface area contributed by atoms with Crippen LogP contribution in [0.5, 0.6) is 0 Å². The Morgan fingerprint density at radius 2 is 1.94 bits per heavy atom. The SMILES string of the molecule is Cc1ccc(NC(=O)CSc2nnc(-c3cccnc3)n2-c2ccccc2C(C)C)c(F)c1. The molecule has 0 aliphatic carbocycles. The maximum absolute atomic E-state index is 14.1. The lowest BCUT2D eigenvalue weighted by Gasteiger charge is -2.16. The number of hydrogen-bond donors (Lipinski definition) is 1. The number of nitrogens with zero attached hydrogens (tertiary/aromatic N) is 4. The fourth-order valence-corrected chi connectivity index (χ4v) is 4.22. The van der Waals surface area contributed by atoms with Crippen molar-refractivity contribution in [2.24, 2.45) is 0 Å². The van der Waals surface area contributed by atoms with Crippen LogP contribution in [0.3, 0.4) is 0 Å². The number of halogens is 1. The number of thioether (sulfide) groups is 1. The van der Waals surface area contributed by atoms with E-state index in [1.807, 2.05) is 34.9 Å². The summed E-state index contributed by atoms with van der Waals surface area (Å²) in [7, 11) is 0. The minimum Gasteiger partial charge on any atom is -0.323 e. The Kier molecular flexibility index (Phi) is 6.84. The van der Waals surface area contributed by atoms with Gasteiger partial charge in [-0.3, -0.25) is 14.3 Å². The molecule has 2 aromatic carbocycles. The van der Waals surface area contributed by atoms with E-state index in [0.29, 0.717) is 11.0 Å². The minimum atomic E-state index is -0.457. The highest BCUT2D eigenvalue weighted by Gasteiger charge is 2.20. The summed E-state index contributed by atoms with van der Waals surface area (Å²) < 4.78 is 16.1. The van der Waals surface area contributed by atoms with Crippen LogP contribution < -0.4 is 5.32 Å². The third-order valence-corrected chi connectivity index (χ3v) is 6.01. The van der Waals surface area contributed by atoms with Crippen LogP contribution in [0.2, 0.25) is 0 Å². The number of benzene rings is 2. The summed E-state index contributed by atoms with van der Waals surface area (Å²) >= 11 is 1.25. The predicted octanol–water partition coefficient (Wildman–Crippen LogP) is 5.63. The van der Waals surface area contributed by atoms with Crippen LogP contribution in [-0.4, -0.2) is 31.4 Å². The van der Waals surface area contributed by atoms with Gasteiger partial charge in [0.15, 0.2) is 11.0 Å². The third-order valence-electron chi connectivity index (χ3n) is 5.08. The van der Waals surface area contributed by atoms with Gasteiger partial charge in [0, 0.05) is 18.0 Å². The maximum Gasteiger partial charge on any atom is 0.234 e. The fourth-order valence-electron chi connectivity index (χ4n) is 3.48. The van der Waals surface area contributed by atoms with Crippen molar-refractivity contribution in [3.63, 3.8) is 0 Å². The highest BCUT2D eigenvalue weighted by molar-refractivity contribution is 7.99. The molecule has 0 unspecified atom stereocenters. The van der Waals surface area contributed by atoms with Crippen LogP contribution in [0.4, 0.5) is 10.1 Å². The maximum atomic E-state index is 14.1. The Morgan fingerprint density at radius 3 is 2.67 bits per heavy atom. The second-order valence-corrected chi connectivity index (χ2v) is 8.86.